The standard InChI is InChI=1S/C39H24N12S6/c1-19-40-34(52-46-19)22-7-4-10-25(13-22)37-43-31(49-55-37)28-16-29(32-44-38(56-50-32)26-11-5-8-23(14-26)35-41-20(2)47-53-35)18-30(17-28)33-45-39(57-51-33)27-12-6-9-24(15-27)36-42-21(3)48-54-36/h4-18H,1-3H3. The minimum absolute atomic E-state index is 0.585. The van der Waals surface area contributed by atoms with Crippen LogP contribution in [0.4, 0.5) is 0 Å². The van der Waals surface area contributed by atoms with Gasteiger partial charge in [0.15, 0.2) is 17.5 Å². The molecule has 18 heteroatoms. The van der Waals surface area contributed by atoms with Crippen LogP contribution < -0.4 is 0 Å². The topological polar surface area (TPSA) is 155 Å². The lowest BCUT2D eigenvalue weighted by molar-refractivity contribution is 1.17. The van der Waals surface area contributed by atoms with E-state index < -0.39 is 0 Å². The highest BCUT2D eigenvalue weighted by molar-refractivity contribution is 7.10. The summed E-state index contributed by atoms with van der Waals surface area (Å²) < 4.78 is 27.6. The second-order valence-corrected chi connectivity index (χ2v) is 17.3. The van der Waals surface area contributed by atoms with Crippen molar-refractivity contribution in [2.45, 2.75) is 20.8 Å². The minimum Gasteiger partial charge on any atom is -0.220 e. The second-order valence-electron chi connectivity index (χ2n) is 12.8. The van der Waals surface area contributed by atoms with Crippen LogP contribution in [0.5, 0.6) is 0 Å². The summed E-state index contributed by atoms with van der Waals surface area (Å²) in [6.07, 6.45) is 0. The Morgan fingerprint density at radius 1 is 0.281 bits per heavy atom. The smallest absolute Gasteiger partial charge is 0.173 e. The van der Waals surface area contributed by atoms with Gasteiger partial charge in [-0.05, 0) is 126 Å². The molecule has 0 bridgehead atoms. The van der Waals surface area contributed by atoms with Crippen LogP contribution in [0.3, 0.4) is 0 Å². The van der Waals surface area contributed by atoms with E-state index in [1.165, 1.54) is 69.2 Å². The van der Waals surface area contributed by atoms with Gasteiger partial charge in [0.25, 0.3) is 0 Å². The van der Waals surface area contributed by atoms with Gasteiger partial charge in [0.2, 0.25) is 0 Å². The van der Waals surface area contributed by atoms with Gasteiger partial charge < -0.3 is 0 Å². The van der Waals surface area contributed by atoms with Gasteiger partial charge in [0.05, 0.1) is 0 Å². The Hall–Kier alpha value is -5.76. The third-order valence-corrected chi connectivity index (χ3v) is 13.5. The highest BCUT2D eigenvalue weighted by Gasteiger charge is 2.19. The van der Waals surface area contributed by atoms with Gasteiger partial charge in [-0.2, -0.15) is 26.2 Å². The number of rotatable bonds is 9. The molecule has 0 fully saturated rings. The molecule has 0 saturated carbocycles. The molecular formula is C39H24N12S6. The molecule has 0 unspecified atom stereocenters. The maximum atomic E-state index is 5.02. The zero-order valence-corrected chi connectivity index (χ0v) is 34.9. The molecule has 6 aromatic heterocycles. The first-order valence-electron chi connectivity index (χ1n) is 17.3. The van der Waals surface area contributed by atoms with E-state index in [1.807, 2.05) is 93.6 Å². The van der Waals surface area contributed by atoms with Gasteiger partial charge in [-0.1, -0.05) is 54.6 Å². The van der Waals surface area contributed by atoms with Crippen LogP contribution in [0.1, 0.15) is 17.5 Å². The molecule has 0 amide bonds. The third-order valence-electron chi connectivity index (χ3n) is 8.64. The molecule has 0 aliphatic carbocycles. The Bertz CT molecular complexity index is 2730. The summed E-state index contributed by atoms with van der Waals surface area (Å²) in [7, 11) is 0. The van der Waals surface area contributed by atoms with E-state index in [4.69, 9.17) is 28.1 Å². The molecule has 10 rings (SSSR count). The van der Waals surface area contributed by atoms with Crippen molar-refractivity contribution in [3.63, 3.8) is 0 Å². The summed E-state index contributed by atoms with van der Waals surface area (Å²) in [5, 5.41) is 4.97. The molecule has 4 aromatic carbocycles. The van der Waals surface area contributed by atoms with Crippen LogP contribution in [-0.4, -0.2) is 56.1 Å². The fraction of sp³-hybridized carbons (Fsp3) is 0.0769. The average Bonchev–Trinajstić information content (AvgIpc) is 4.10. The molecule has 57 heavy (non-hydrogen) atoms. The Kier molecular flexibility index (Phi) is 9.35. The first kappa shape index (κ1) is 35.6. The van der Waals surface area contributed by atoms with Crippen LogP contribution in [0, 0.1) is 20.8 Å². The highest BCUT2D eigenvalue weighted by Crippen LogP contribution is 2.37. The van der Waals surface area contributed by atoms with E-state index in [2.05, 4.69) is 46.3 Å². The molecule has 0 aliphatic heterocycles. The Morgan fingerprint density at radius 3 is 0.754 bits per heavy atom. The Balaban J connectivity index is 1.03. The monoisotopic (exact) mass is 852 g/mol. The average molecular weight is 853 g/mol. The van der Waals surface area contributed by atoms with Gasteiger partial charge in [-0.3, -0.25) is 0 Å². The molecule has 0 aliphatic rings. The van der Waals surface area contributed by atoms with Crippen LogP contribution >= 0.6 is 69.2 Å². The fourth-order valence-electron chi connectivity index (χ4n) is 5.99. The lowest BCUT2D eigenvalue weighted by Gasteiger charge is -2.05. The number of aryl methyl sites for hydroxylation is 3. The van der Waals surface area contributed by atoms with E-state index in [-0.39, 0.29) is 0 Å². The number of nitrogens with zero attached hydrogens (tertiary/aromatic N) is 12. The number of hydrogen-bond acceptors (Lipinski definition) is 18. The number of aromatic nitrogens is 12. The summed E-state index contributed by atoms with van der Waals surface area (Å²) in [6.45, 7) is 5.69. The maximum Gasteiger partial charge on any atom is 0.173 e. The van der Waals surface area contributed by atoms with Crippen molar-refractivity contribution in [1.29, 1.82) is 0 Å². The number of benzene rings is 4. The molecule has 0 saturated heterocycles. The first-order chi connectivity index (χ1) is 27.9. The molecule has 10 aromatic rings. The van der Waals surface area contributed by atoms with Crippen LogP contribution in [0.2, 0.25) is 0 Å². The molecule has 276 valence electrons. The van der Waals surface area contributed by atoms with Crippen molar-refractivity contribution >= 4 is 69.2 Å². The van der Waals surface area contributed by atoms with Crippen LogP contribution in [0.15, 0.2) is 91.0 Å². The fourth-order valence-corrected chi connectivity index (χ4v) is 10.0. The summed E-state index contributed by atoms with van der Waals surface area (Å²) in [5.41, 5.74) is 8.23. The van der Waals surface area contributed by atoms with Crippen molar-refractivity contribution < 1.29 is 0 Å². The molecule has 0 atom stereocenters. The van der Waals surface area contributed by atoms with Gasteiger partial charge >= 0.3 is 0 Å². The SMILES string of the molecule is Cc1nsc(-c2cccc(-c3nc(-c4cc(-c5nsc(-c6cccc(-c7nc(C)ns7)c6)n5)cc(-c5nsc(-c6cccc(-c7nc(C)ns7)c6)n5)c4)ns3)c2)n1. The summed E-state index contributed by atoms with van der Waals surface area (Å²) in [6, 6.07) is 30.6. The second kappa shape index (κ2) is 15.0. The molecule has 0 spiro atoms. The summed E-state index contributed by atoms with van der Waals surface area (Å²) in [5.74, 6) is 4.02. The quantitative estimate of drug-likeness (QED) is 0.136. The number of hydrogen-bond donors (Lipinski definition) is 0. The van der Waals surface area contributed by atoms with Crippen molar-refractivity contribution in [3.8, 4) is 97.6 Å². The third kappa shape index (κ3) is 7.34. The zero-order chi connectivity index (χ0) is 38.5. The van der Waals surface area contributed by atoms with Crippen molar-refractivity contribution in [2.75, 3.05) is 0 Å². The van der Waals surface area contributed by atoms with E-state index in [0.717, 1.165) is 97.6 Å². The van der Waals surface area contributed by atoms with Crippen molar-refractivity contribution in [2.24, 2.45) is 0 Å². The molecule has 0 N–H and O–H groups in total. The maximum absolute atomic E-state index is 5.02. The Morgan fingerprint density at radius 2 is 0.509 bits per heavy atom. The van der Waals surface area contributed by atoms with Crippen molar-refractivity contribution in [3.05, 3.63) is 108 Å². The lowest BCUT2D eigenvalue weighted by Crippen LogP contribution is -1.90. The van der Waals surface area contributed by atoms with Crippen LogP contribution in [0.25, 0.3) is 97.6 Å². The van der Waals surface area contributed by atoms with Gasteiger partial charge in [-0.25, -0.2) is 29.9 Å². The predicted molar refractivity (Wildman–Crippen MR) is 230 cm³/mol. The summed E-state index contributed by atoms with van der Waals surface area (Å²) >= 11 is 8.19. The van der Waals surface area contributed by atoms with E-state index >= 15 is 0 Å². The predicted octanol–water partition coefficient (Wildman–Crippen LogP) is 10.7. The van der Waals surface area contributed by atoms with Crippen molar-refractivity contribution in [1.82, 2.24) is 56.1 Å². The summed E-state index contributed by atoms with van der Waals surface area (Å²) in [4.78, 5) is 28.8. The largest absolute Gasteiger partial charge is 0.220 e. The van der Waals surface area contributed by atoms with E-state index in [9.17, 15) is 0 Å². The van der Waals surface area contributed by atoms with Crippen LogP contribution in [-0.2, 0) is 0 Å². The Labute approximate surface area is 349 Å². The van der Waals surface area contributed by atoms with Gasteiger partial charge in [-0.15, -0.1) is 0 Å². The normalized spacial score (nSPS) is 11.4. The lowest BCUT2D eigenvalue weighted by atomic mass is 10.0. The first-order valence-corrected chi connectivity index (χ1v) is 21.9. The zero-order valence-electron chi connectivity index (χ0n) is 30.0. The minimum atomic E-state index is 0.585. The highest BCUT2D eigenvalue weighted by atomic mass is 32.1. The van der Waals surface area contributed by atoms with Gasteiger partial charge in [0, 0.05) is 50.1 Å². The molecule has 6 heterocycles. The van der Waals surface area contributed by atoms with Gasteiger partial charge in [0.1, 0.15) is 47.5 Å². The molecule has 0 radical (unpaired) electrons. The molecular weight excluding hydrogens is 829 g/mol. The van der Waals surface area contributed by atoms with E-state index in [1.54, 1.807) is 0 Å². The van der Waals surface area contributed by atoms with E-state index in [0.29, 0.717) is 17.5 Å². The molecule has 12 nitrogen and oxygen atoms in total.